The standard InChI is InChI=1S/C24H30N4O5/c1-15-19(16(2)26-25-15)22(29)20-21(17-5-7-18(32-3)8-6-17)28(24(31)23(20)30)10-4-9-27-11-13-33-14-12-27/h5-8,21,29H,4,9-14H2,1-3H3,(H,25,26)/b22-20+/t21-/m0/s1. The highest BCUT2D eigenvalue weighted by molar-refractivity contribution is 6.46. The fraction of sp³-hybridized carbons (Fsp3) is 0.458. The van der Waals surface area contributed by atoms with E-state index in [1.54, 1.807) is 38.0 Å². The highest BCUT2D eigenvalue weighted by Crippen LogP contribution is 2.40. The molecule has 2 aliphatic rings. The zero-order chi connectivity index (χ0) is 23.5. The predicted molar refractivity (Wildman–Crippen MR) is 122 cm³/mol. The van der Waals surface area contributed by atoms with Gasteiger partial charge in [-0.15, -0.1) is 0 Å². The summed E-state index contributed by atoms with van der Waals surface area (Å²) < 4.78 is 10.7. The quantitative estimate of drug-likeness (QED) is 0.375. The fourth-order valence-electron chi connectivity index (χ4n) is 4.57. The Bertz CT molecular complexity index is 1030. The highest BCUT2D eigenvalue weighted by Gasteiger charge is 2.46. The molecular formula is C24H30N4O5. The number of benzene rings is 1. The molecule has 176 valence electrons. The minimum atomic E-state index is -0.686. The average Bonchev–Trinajstić information content (AvgIpc) is 3.30. The number of methoxy groups -OCH3 is 1. The summed E-state index contributed by atoms with van der Waals surface area (Å²) in [4.78, 5) is 30.1. The number of aromatic amines is 1. The van der Waals surface area contributed by atoms with Crippen molar-refractivity contribution in [1.29, 1.82) is 0 Å². The monoisotopic (exact) mass is 454 g/mol. The van der Waals surface area contributed by atoms with E-state index in [0.717, 1.165) is 25.2 Å². The number of morpholine rings is 1. The van der Waals surface area contributed by atoms with Crippen molar-refractivity contribution >= 4 is 17.4 Å². The Labute approximate surface area is 193 Å². The highest BCUT2D eigenvalue weighted by atomic mass is 16.5. The van der Waals surface area contributed by atoms with E-state index in [-0.39, 0.29) is 11.3 Å². The van der Waals surface area contributed by atoms with Crippen LogP contribution in [0.3, 0.4) is 0 Å². The maximum absolute atomic E-state index is 13.2. The lowest BCUT2D eigenvalue weighted by Gasteiger charge is -2.29. The van der Waals surface area contributed by atoms with E-state index in [2.05, 4.69) is 15.1 Å². The molecule has 33 heavy (non-hydrogen) atoms. The SMILES string of the molecule is COc1ccc([C@H]2/C(=C(\O)c3c(C)n[nH]c3C)C(=O)C(=O)N2CCCN2CCOCC2)cc1. The van der Waals surface area contributed by atoms with Crippen molar-refractivity contribution in [2.24, 2.45) is 0 Å². The smallest absolute Gasteiger partial charge is 0.295 e. The van der Waals surface area contributed by atoms with Gasteiger partial charge >= 0.3 is 0 Å². The Morgan fingerprint density at radius 3 is 2.48 bits per heavy atom. The molecule has 2 saturated heterocycles. The number of ether oxygens (including phenoxy) is 2. The number of ketones is 1. The number of aryl methyl sites for hydroxylation is 2. The third kappa shape index (κ3) is 4.51. The number of nitrogens with one attached hydrogen (secondary N) is 1. The molecule has 0 aliphatic carbocycles. The van der Waals surface area contributed by atoms with Crippen LogP contribution in [-0.2, 0) is 14.3 Å². The molecule has 2 aliphatic heterocycles. The molecule has 9 nitrogen and oxygen atoms in total. The summed E-state index contributed by atoms with van der Waals surface area (Å²) in [6.07, 6.45) is 0.712. The number of amides is 1. The van der Waals surface area contributed by atoms with Crippen molar-refractivity contribution in [3.8, 4) is 5.75 Å². The van der Waals surface area contributed by atoms with Crippen LogP contribution in [-0.4, -0.2) is 83.3 Å². The number of aromatic nitrogens is 2. The van der Waals surface area contributed by atoms with Crippen molar-refractivity contribution in [3.63, 3.8) is 0 Å². The first kappa shape index (κ1) is 23.0. The predicted octanol–water partition coefficient (Wildman–Crippen LogP) is 2.18. The molecule has 0 saturated carbocycles. The summed E-state index contributed by atoms with van der Waals surface area (Å²) in [5.74, 6) is -0.809. The van der Waals surface area contributed by atoms with Gasteiger partial charge in [-0.25, -0.2) is 0 Å². The zero-order valence-electron chi connectivity index (χ0n) is 19.3. The van der Waals surface area contributed by atoms with Crippen molar-refractivity contribution in [2.45, 2.75) is 26.3 Å². The van der Waals surface area contributed by atoms with Gasteiger partial charge in [0, 0.05) is 31.9 Å². The maximum Gasteiger partial charge on any atom is 0.295 e. The van der Waals surface area contributed by atoms with E-state index in [1.165, 1.54) is 0 Å². The van der Waals surface area contributed by atoms with Crippen LogP contribution in [0.1, 0.15) is 35.0 Å². The van der Waals surface area contributed by atoms with E-state index >= 15 is 0 Å². The summed E-state index contributed by atoms with van der Waals surface area (Å²) in [6.45, 7) is 7.87. The molecule has 1 aromatic carbocycles. The topological polar surface area (TPSA) is 108 Å². The molecule has 0 spiro atoms. The lowest BCUT2D eigenvalue weighted by Crippen LogP contribution is -2.38. The number of carbonyl (C=O) groups is 2. The summed E-state index contributed by atoms with van der Waals surface area (Å²) in [7, 11) is 1.58. The van der Waals surface area contributed by atoms with Crippen LogP contribution in [0.2, 0.25) is 0 Å². The minimum Gasteiger partial charge on any atom is -0.507 e. The molecule has 1 amide bonds. The van der Waals surface area contributed by atoms with E-state index in [1.807, 2.05) is 12.1 Å². The summed E-state index contributed by atoms with van der Waals surface area (Å²) >= 11 is 0. The molecule has 4 rings (SSSR count). The molecule has 0 radical (unpaired) electrons. The van der Waals surface area contributed by atoms with Crippen LogP contribution in [0, 0.1) is 13.8 Å². The van der Waals surface area contributed by atoms with Gasteiger partial charge in [-0.05, 0) is 38.0 Å². The maximum atomic E-state index is 13.2. The molecule has 0 bridgehead atoms. The van der Waals surface area contributed by atoms with Gasteiger partial charge < -0.3 is 19.5 Å². The lowest BCUT2D eigenvalue weighted by molar-refractivity contribution is -0.140. The molecule has 0 unspecified atom stereocenters. The van der Waals surface area contributed by atoms with Crippen LogP contribution in [0.25, 0.3) is 5.76 Å². The molecule has 1 aromatic heterocycles. The van der Waals surface area contributed by atoms with E-state index < -0.39 is 17.7 Å². The number of aliphatic hydroxyl groups is 1. The normalized spacial score (nSPS) is 21.1. The van der Waals surface area contributed by atoms with Gasteiger partial charge in [-0.1, -0.05) is 12.1 Å². The fourth-order valence-corrected chi connectivity index (χ4v) is 4.57. The Morgan fingerprint density at radius 2 is 1.88 bits per heavy atom. The first-order chi connectivity index (χ1) is 15.9. The van der Waals surface area contributed by atoms with Crippen LogP contribution >= 0.6 is 0 Å². The molecule has 3 heterocycles. The van der Waals surface area contributed by atoms with Crippen LogP contribution in [0.4, 0.5) is 0 Å². The van der Waals surface area contributed by atoms with E-state index in [4.69, 9.17) is 9.47 Å². The third-order valence-corrected chi connectivity index (χ3v) is 6.31. The molecule has 2 fully saturated rings. The summed E-state index contributed by atoms with van der Waals surface area (Å²) in [5.41, 5.74) is 2.49. The number of likely N-dealkylation sites (tertiary alicyclic amines) is 1. The molecule has 2 aromatic rings. The van der Waals surface area contributed by atoms with Crippen molar-refractivity contribution in [3.05, 3.63) is 52.4 Å². The number of aliphatic hydroxyl groups excluding tert-OH is 1. The number of hydrogen-bond acceptors (Lipinski definition) is 7. The Hall–Kier alpha value is -3.17. The lowest BCUT2D eigenvalue weighted by atomic mass is 9.94. The van der Waals surface area contributed by atoms with Gasteiger partial charge in [0.25, 0.3) is 11.7 Å². The van der Waals surface area contributed by atoms with Crippen LogP contribution in [0.15, 0.2) is 29.8 Å². The van der Waals surface area contributed by atoms with Gasteiger partial charge in [-0.3, -0.25) is 19.6 Å². The van der Waals surface area contributed by atoms with Gasteiger partial charge in [0.15, 0.2) is 0 Å². The van der Waals surface area contributed by atoms with Gasteiger partial charge in [-0.2, -0.15) is 5.10 Å². The number of nitrogens with zero attached hydrogens (tertiary/aromatic N) is 3. The van der Waals surface area contributed by atoms with E-state index in [0.29, 0.717) is 48.9 Å². The van der Waals surface area contributed by atoms with Crippen molar-refractivity contribution in [1.82, 2.24) is 20.0 Å². The Morgan fingerprint density at radius 1 is 1.18 bits per heavy atom. The Balaban J connectivity index is 1.69. The Kier molecular flexibility index (Phi) is 6.80. The summed E-state index contributed by atoms with van der Waals surface area (Å²) in [5, 5.41) is 18.2. The summed E-state index contributed by atoms with van der Waals surface area (Å²) in [6, 6.07) is 6.54. The first-order valence-corrected chi connectivity index (χ1v) is 11.2. The first-order valence-electron chi connectivity index (χ1n) is 11.2. The molecular weight excluding hydrogens is 424 g/mol. The second-order valence-corrected chi connectivity index (χ2v) is 8.38. The molecule has 2 N–H and O–H groups in total. The van der Waals surface area contributed by atoms with Gasteiger partial charge in [0.05, 0.1) is 43.2 Å². The van der Waals surface area contributed by atoms with Crippen molar-refractivity contribution < 1.29 is 24.2 Å². The van der Waals surface area contributed by atoms with Crippen LogP contribution < -0.4 is 4.74 Å². The zero-order valence-corrected chi connectivity index (χ0v) is 19.3. The van der Waals surface area contributed by atoms with E-state index in [9.17, 15) is 14.7 Å². The van der Waals surface area contributed by atoms with Gasteiger partial charge in [0.1, 0.15) is 11.5 Å². The molecule has 1 atom stereocenters. The van der Waals surface area contributed by atoms with Crippen molar-refractivity contribution in [2.75, 3.05) is 46.5 Å². The number of Topliss-reactive ketones (excluding diaryl/α,β-unsaturated/α-hetero) is 1. The number of H-pyrrole nitrogens is 1. The minimum absolute atomic E-state index is 0.0872. The number of carbonyl (C=O) groups excluding carboxylic acids is 2. The third-order valence-electron chi connectivity index (χ3n) is 6.31. The van der Waals surface area contributed by atoms with Crippen LogP contribution in [0.5, 0.6) is 5.75 Å². The average molecular weight is 455 g/mol. The molecule has 9 heteroatoms. The number of hydrogen-bond donors (Lipinski definition) is 2. The van der Waals surface area contributed by atoms with Gasteiger partial charge in [0.2, 0.25) is 0 Å². The second kappa shape index (κ2) is 9.76. The number of rotatable bonds is 7. The largest absolute Gasteiger partial charge is 0.507 e. The second-order valence-electron chi connectivity index (χ2n) is 8.38.